The van der Waals surface area contributed by atoms with E-state index in [0.29, 0.717) is 6.42 Å². The molecule has 0 spiro atoms. The van der Waals surface area contributed by atoms with Gasteiger partial charge in [-0.05, 0) is 19.8 Å². The molecule has 2 atom stereocenters. The van der Waals surface area contributed by atoms with Gasteiger partial charge in [-0.15, -0.1) is 0 Å². The topological polar surface area (TPSA) is 108 Å². The van der Waals surface area contributed by atoms with E-state index in [1.165, 1.54) is 148 Å². The summed E-state index contributed by atoms with van der Waals surface area (Å²) >= 11 is 0. The van der Waals surface area contributed by atoms with Crippen molar-refractivity contribution in [2.75, 3.05) is 19.8 Å². The van der Waals surface area contributed by atoms with E-state index in [4.69, 9.17) is 18.5 Å². The van der Waals surface area contributed by atoms with E-state index in [9.17, 15) is 19.0 Å². The second kappa shape index (κ2) is 36.8. The number of carbonyl (C=O) groups is 2. The summed E-state index contributed by atoms with van der Waals surface area (Å²) in [5.41, 5.74) is 0. The maximum Gasteiger partial charge on any atom is 0.472 e. The third kappa shape index (κ3) is 36.6. The summed E-state index contributed by atoms with van der Waals surface area (Å²) in [5, 5.41) is 0. The Labute approximate surface area is 302 Å². The van der Waals surface area contributed by atoms with E-state index in [1.54, 1.807) is 6.92 Å². The highest BCUT2D eigenvalue weighted by molar-refractivity contribution is 7.47. The summed E-state index contributed by atoms with van der Waals surface area (Å²) in [6.45, 7) is 5.49. The van der Waals surface area contributed by atoms with Gasteiger partial charge in [-0.2, -0.15) is 0 Å². The van der Waals surface area contributed by atoms with Crippen LogP contribution in [-0.4, -0.2) is 42.8 Å². The van der Waals surface area contributed by atoms with Crippen LogP contribution in [0.15, 0.2) is 0 Å². The molecule has 0 fully saturated rings. The average Bonchev–Trinajstić information content (AvgIpc) is 3.07. The first kappa shape index (κ1) is 48.0. The summed E-state index contributed by atoms with van der Waals surface area (Å²) in [7, 11) is -4.27. The van der Waals surface area contributed by atoms with Crippen LogP contribution in [0, 0.1) is 0 Å². The Morgan fingerprint density at radius 1 is 0.469 bits per heavy atom. The molecular formula is C40H79O8P. The van der Waals surface area contributed by atoms with Gasteiger partial charge in [0.05, 0.1) is 13.2 Å². The monoisotopic (exact) mass is 719 g/mol. The molecule has 0 saturated heterocycles. The van der Waals surface area contributed by atoms with Crippen molar-refractivity contribution in [3.8, 4) is 0 Å². The van der Waals surface area contributed by atoms with Crippen molar-refractivity contribution in [2.45, 2.75) is 226 Å². The van der Waals surface area contributed by atoms with E-state index in [0.717, 1.165) is 38.5 Å². The lowest BCUT2D eigenvalue weighted by Crippen LogP contribution is -2.29. The number of esters is 2. The van der Waals surface area contributed by atoms with Crippen molar-refractivity contribution in [3.05, 3.63) is 0 Å². The Balaban J connectivity index is 4.00. The highest BCUT2D eigenvalue weighted by Gasteiger charge is 2.25. The zero-order chi connectivity index (χ0) is 36.1. The zero-order valence-corrected chi connectivity index (χ0v) is 33.3. The third-order valence-electron chi connectivity index (χ3n) is 9.16. The summed E-state index contributed by atoms with van der Waals surface area (Å²) in [4.78, 5) is 34.6. The number of hydrogen-bond acceptors (Lipinski definition) is 7. The first-order chi connectivity index (χ1) is 23.8. The maximum atomic E-state index is 12.5. The molecule has 0 aliphatic rings. The summed E-state index contributed by atoms with van der Waals surface area (Å²) in [6.07, 6.45) is 35.9. The Morgan fingerprint density at radius 3 is 1.14 bits per heavy atom. The molecule has 0 aromatic rings. The van der Waals surface area contributed by atoms with Crippen LogP contribution in [0.2, 0.25) is 0 Å². The van der Waals surface area contributed by atoms with Crippen LogP contribution in [-0.2, 0) is 32.7 Å². The Kier molecular flexibility index (Phi) is 36.1. The van der Waals surface area contributed by atoms with Crippen molar-refractivity contribution < 1.29 is 37.6 Å². The van der Waals surface area contributed by atoms with Crippen LogP contribution in [0.25, 0.3) is 0 Å². The van der Waals surface area contributed by atoms with E-state index in [1.807, 2.05) is 0 Å². The fourth-order valence-corrected chi connectivity index (χ4v) is 6.86. The van der Waals surface area contributed by atoms with Crippen LogP contribution in [0.3, 0.4) is 0 Å². The average molecular weight is 719 g/mol. The molecule has 49 heavy (non-hydrogen) atoms. The number of hydrogen-bond donors (Lipinski definition) is 1. The smallest absolute Gasteiger partial charge is 0.462 e. The van der Waals surface area contributed by atoms with Gasteiger partial charge in [0.15, 0.2) is 6.10 Å². The predicted molar refractivity (Wildman–Crippen MR) is 203 cm³/mol. The van der Waals surface area contributed by atoms with E-state index < -0.39 is 19.9 Å². The number of carbonyl (C=O) groups excluding carboxylic acids is 2. The molecule has 8 nitrogen and oxygen atoms in total. The minimum absolute atomic E-state index is 0.00543. The van der Waals surface area contributed by atoms with Crippen LogP contribution in [0.1, 0.15) is 220 Å². The summed E-state index contributed by atoms with van der Waals surface area (Å²) in [5.74, 6) is -0.785. The lowest BCUT2D eigenvalue weighted by atomic mass is 10.0. The molecule has 0 aliphatic carbocycles. The largest absolute Gasteiger partial charge is 0.472 e. The summed E-state index contributed by atoms with van der Waals surface area (Å²) < 4.78 is 32.6. The van der Waals surface area contributed by atoms with Crippen LogP contribution >= 0.6 is 7.82 Å². The van der Waals surface area contributed by atoms with Gasteiger partial charge in [0.25, 0.3) is 0 Å². The van der Waals surface area contributed by atoms with Crippen molar-refractivity contribution in [2.24, 2.45) is 0 Å². The lowest BCUT2D eigenvalue weighted by Gasteiger charge is -2.19. The van der Waals surface area contributed by atoms with Gasteiger partial charge < -0.3 is 14.4 Å². The van der Waals surface area contributed by atoms with E-state index >= 15 is 0 Å². The first-order valence-corrected chi connectivity index (χ1v) is 22.3. The molecule has 9 heteroatoms. The second-order valence-electron chi connectivity index (χ2n) is 14.0. The number of rotatable bonds is 39. The minimum atomic E-state index is -4.27. The molecule has 2 unspecified atom stereocenters. The van der Waals surface area contributed by atoms with Crippen molar-refractivity contribution in [3.63, 3.8) is 0 Å². The van der Waals surface area contributed by atoms with E-state index in [-0.39, 0.29) is 32.2 Å². The van der Waals surface area contributed by atoms with Gasteiger partial charge in [0.1, 0.15) is 6.61 Å². The minimum Gasteiger partial charge on any atom is -0.462 e. The quantitative estimate of drug-likeness (QED) is 0.0380. The SMILES string of the molecule is CCCCCCCCCCCCCCCCCCCCCC(=O)OC(COC(=O)CCCCCCCCCCCC)COP(=O)(O)OCC. The fourth-order valence-electron chi connectivity index (χ4n) is 6.10. The molecule has 0 bridgehead atoms. The van der Waals surface area contributed by atoms with Gasteiger partial charge >= 0.3 is 19.8 Å². The third-order valence-corrected chi connectivity index (χ3v) is 10.2. The molecule has 0 rings (SSSR count). The molecule has 0 aliphatic heterocycles. The van der Waals surface area contributed by atoms with Crippen molar-refractivity contribution in [1.29, 1.82) is 0 Å². The zero-order valence-electron chi connectivity index (χ0n) is 32.4. The lowest BCUT2D eigenvalue weighted by molar-refractivity contribution is -0.161. The maximum absolute atomic E-state index is 12.5. The fraction of sp³-hybridized carbons (Fsp3) is 0.950. The second-order valence-corrected chi connectivity index (χ2v) is 15.5. The van der Waals surface area contributed by atoms with Crippen LogP contribution in [0.5, 0.6) is 0 Å². The van der Waals surface area contributed by atoms with Gasteiger partial charge in [0, 0.05) is 12.8 Å². The number of unbranched alkanes of at least 4 members (excludes halogenated alkanes) is 27. The van der Waals surface area contributed by atoms with Crippen LogP contribution < -0.4 is 0 Å². The normalized spacial score (nSPS) is 13.3. The summed E-state index contributed by atoms with van der Waals surface area (Å²) in [6, 6.07) is 0. The number of ether oxygens (including phenoxy) is 2. The number of phosphoric ester groups is 1. The molecule has 292 valence electrons. The molecule has 0 aromatic heterocycles. The first-order valence-electron chi connectivity index (χ1n) is 20.8. The van der Waals surface area contributed by atoms with Crippen molar-refractivity contribution in [1.82, 2.24) is 0 Å². The highest BCUT2D eigenvalue weighted by Crippen LogP contribution is 2.43. The Morgan fingerprint density at radius 2 is 0.796 bits per heavy atom. The Bertz CT molecular complexity index is 777. The van der Waals surface area contributed by atoms with Gasteiger partial charge in [-0.25, -0.2) is 4.57 Å². The predicted octanol–water partition coefficient (Wildman–Crippen LogP) is 12.7. The van der Waals surface area contributed by atoms with Crippen molar-refractivity contribution >= 4 is 19.8 Å². The highest BCUT2D eigenvalue weighted by atomic mass is 31.2. The molecule has 0 heterocycles. The van der Waals surface area contributed by atoms with Gasteiger partial charge in [-0.1, -0.05) is 187 Å². The van der Waals surface area contributed by atoms with Gasteiger partial charge in [-0.3, -0.25) is 18.6 Å². The molecule has 0 amide bonds. The number of phosphoric acid groups is 1. The Hall–Kier alpha value is -0.950. The molecule has 0 radical (unpaired) electrons. The van der Waals surface area contributed by atoms with Gasteiger partial charge in [0.2, 0.25) is 0 Å². The van der Waals surface area contributed by atoms with E-state index in [2.05, 4.69) is 13.8 Å². The molecule has 0 saturated carbocycles. The standard InChI is InChI=1S/C40H79O8P/c1-4-7-9-11-13-15-17-18-19-20-21-22-23-24-25-27-29-31-33-35-40(42)48-38(37-47-49(43,44)46-6-3)36-45-39(41)34-32-30-28-26-16-14-12-10-8-5-2/h38H,4-37H2,1-3H3,(H,43,44). The van der Waals surface area contributed by atoms with Crippen LogP contribution in [0.4, 0.5) is 0 Å². The molecular weight excluding hydrogens is 639 g/mol. The molecule has 1 N–H and O–H groups in total. The molecule has 0 aromatic carbocycles.